The van der Waals surface area contributed by atoms with Gasteiger partial charge in [-0.1, -0.05) is 37.3 Å². The Morgan fingerprint density at radius 2 is 1.96 bits per heavy atom. The Kier molecular flexibility index (Phi) is 6.96. The number of para-hydroxylation sites is 1. The Bertz CT molecular complexity index is 785. The van der Waals surface area contributed by atoms with Gasteiger partial charge in [0.25, 0.3) is 0 Å². The number of aryl methyl sites for hydroxylation is 1. The first-order valence-corrected chi connectivity index (χ1v) is 10.2. The van der Waals surface area contributed by atoms with Crippen molar-refractivity contribution in [2.24, 2.45) is 0 Å². The first-order valence-electron chi connectivity index (χ1n) is 10.2. The highest BCUT2D eigenvalue weighted by atomic mass is 16.5. The SMILES string of the molecule is CCC(C(=O)N(C)C1CC1)c1ccccc1OCCCc1cccc(OC)c1. The molecule has 0 aliphatic heterocycles. The lowest BCUT2D eigenvalue weighted by atomic mass is 9.94. The van der Waals surface area contributed by atoms with Crippen LogP contribution in [0.25, 0.3) is 0 Å². The van der Waals surface area contributed by atoms with Crippen molar-refractivity contribution in [1.29, 1.82) is 0 Å². The molecule has 4 nitrogen and oxygen atoms in total. The number of ether oxygens (including phenoxy) is 2. The topological polar surface area (TPSA) is 38.8 Å². The number of carbonyl (C=O) groups is 1. The summed E-state index contributed by atoms with van der Waals surface area (Å²) < 4.78 is 11.4. The second-order valence-corrected chi connectivity index (χ2v) is 7.48. The minimum absolute atomic E-state index is 0.139. The summed E-state index contributed by atoms with van der Waals surface area (Å²) in [6, 6.07) is 16.5. The van der Waals surface area contributed by atoms with E-state index in [0.29, 0.717) is 12.6 Å². The monoisotopic (exact) mass is 381 g/mol. The van der Waals surface area contributed by atoms with Gasteiger partial charge >= 0.3 is 0 Å². The Morgan fingerprint density at radius 1 is 1.18 bits per heavy atom. The van der Waals surface area contributed by atoms with E-state index in [1.165, 1.54) is 5.56 Å². The summed E-state index contributed by atoms with van der Waals surface area (Å²) in [5.74, 6) is 1.78. The minimum atomic E-state index is -0.139. The van der Waals surface area contributed by atoms with Crippen LogP contribution in [-0.2, 0) is 11.2 Å². The first kappa shape index (κ1) is 20.2. The molecular weight excluding hydrogens is 350 g/mol. The highest BCUT2D eigenvalue weighted by molar-refractivity contribution is 5.84. The molecule has 0 aromatic heterocycles. The van der Waals surface area contributed by atoms with Gasteiger partial charge in [-0.2, -0.15) is 0 Å². The number of hydrogen-bond acceptors (Lipinski definition) is 3. The third kappa shape index (κ3) is 5.06. The molecule has 1 amide bonds. The molecule has 2 aromatic carbocycles. The van der Waals surface area contributed by atoms with Gasteiger partial charge in [0, 0.05) is 18.7 Å². The fourth-order valence-corrected chi connectivity index (χ4v) is 3.60. The second-order valence-electron chi connectivity index (χ2n) is 7.48. The smallest absolute Gasteiger partial charge is 0.230 e. The predicted octanol–water partition coefficient (Wildman–Crippen LogP) is 4.82. The van der Waals surface area contributed by atoms with Crippen molar-refractivity contribution in [1.82, 2.24) is 4.90 Å². The number of methoxy groups -OCH3 is 1. The Balaban J connectivity index is 1.60. The highest BCUT2D eigenvalue weighted by Crippen LogP contribution is 2.34. The molecule has 1 fully saturated rings. The Hall–Kier alpha value is -2.49. The van der Waals surface area contributed by atoms with Crippen molar-refractivity contribution in [3.63, 3.8) is 0 Å². The van der Waals surface area contributed by atoms with Crippen LogP contribution in [0.2, 0.25) is 0 Å². The average Bonchev–Trinajstić information content (AvgIpc) is 3.57. The number of benzene rings is 2. The van der Waals surface area contributed by atoms with Crippen LogP contribution in [0.4, 0.5) is 0 Å². The fourth-order valence-electron chi connectivity index (χ4n) is 3.60. The highest BCUT2D eigenvalue weighted by Gasteiger charge is 2.34. The molecular formula is C24H31NO3. The molecule has 150 valence electrons. The normalized spacial score (nSPS) is 14.4. The van der Waals surface area contributed by atoms with Gasteiger partial charge in [0.2, 0.25) is 5.91 Å². The van der Waals surface area contributed by atoms with Crippen molar-refractivity contribution in [3.05, 3.63) is 59.7 Å². The van der Waals surface area contributed by atoms with E-state index in [1.807, 2.05) is 48.3 Å². The number of nitrogens with zero attached hydrogens (tertiary/aromatic N) is 1. The molecule has 2 aromatic rings. The standard InChI is InChI=1S/C24H31NO3/c1-4-21(24(26)25(2)19-14-15-19)22-12-5-6-13-23(22)28-16-8-10-18-9-7-11-20(17-18)27-3/h5-7,9,11-13,17,19,21H,4,8,10,14-16H2,1-3H3. The van der Waals surface area contributed by atoms with Crippen molar-refractivity contribution in [2.75, 3.05) is 20.8 Å². The van der Waals surface area contributed by atoms with Crippen molar-refractivity contribution < 1.29 is 14.3 Å². The van der Waals surface area contributed by atoms with E-state index in [-0.39, 0.29) is 11.8 Å². The van der Waals surface area contributed by atoms with Gasteiger partial charge < -0.3 is 14.4 Å². The zero-order valence-corrected chi connectivity index (χ0v) is 17.2. The maximum atomic E-state index is 12.9. The van der Waals surface area contributed by atoms with E-state index in [9.17, 15) is 4.79 Å². The molecule has 0 bridgehead atoms. The minimum Gasteiger partial charge on any atom is -0.497 e. The molecule has 3 rings (SSSR count). The van der Waals surface area contributed by atoms with Gasteiger partial charge in [-0.05, 0) is 55.9 Å². The molecule has 1 aliphatic rings. The quantitative estimate of drug-likeness (QED) is 0.554. The van der Waals surface area contributed by atoms with Crippen molar-refractivity contribution >= 4 is 5.91 Å². The third-order valence-electron chi connectivity index (χ3n) is 5.44. The predicted molar refractivity (Wildman–Crippen MR) is 112 cm³/mol. The average molecular weight is 382 g/mol. The van der Waals surface area contributed by atoms with Gasteiger partial charge in [-0.25, -0.2) is 0 Å². The van der Waals surface area contributed by atoms with Crippen LogP contribution in [0.3, 0.4) is 0 Å². The van der Waals surface area contributed by atoms with Gasteiger partial charge in [0.05, 0.1) is 19.6 Å². The van der Waals surface area contributed by atoms with E-state index in [4.69, 9.17) is 9.47 Å². The molecule has 0 N–H and O–H groups in total. The molecule has 4 heteroatoms. The maximum Gasteiger partial charge on any atom is 0.230 e. The third-order valence-corrected chi connectivity index (χ3v) is 5.44. The number of amides is 1. The molecule has 28 heavy (non-hydrogen) atoms. The van der Waals surface area contributed by atoms with E-state index in [2.05, 4.69) is 19.1 Å². The Labute approximate surface area is 168 Å². The van der Waals surface area contributed by atoms with Crippen LogP contribution in [0, 0.1) is 0 Å². The zero-order chi connectivity index (χ0) is 19.9. The summed E-state index contributed by atoms with van der Waals surface area (Å²) in [5, 5.41) is 0. The summed E-state index contributed by atoms with van der Waals surface area (Å²) in [7, 11) is 3.62. The van der Waals surface area contributed by atoms with E-state index < -0.39 is 0 Å². The van der Waals surface area contributed by atoms with Crippen molar-refractivity contribution in [3.8, 4) is 11.5 Å². The lowest BCUT2D eigenvalue weighted by Gasteiger charge is -2.24. The van der Waals surface area contributed by atoms with E-state index in [0.717, 1.165) is 49.2 Å². The van der Waals surface area contributed by atoms with Crippen LogP contribution in [0.15, 0.2) is 48.5 Å². The second kappa shape index (κ2) is 9.63. The molecule has 0 spiro atoms. The number of likely N-dealkylation sites (N-methyl/N-ethyl adjacent to an activating group) is 1. The van der Waals surface area contributed by atoms with Gasteiger partial charge in [0.1, 0.15) is 11.5 Å². The lowest BCUT2D eigenvalue weighted by molar-refractivity contribution is -0.132. The molecule has 1 atom stereocenters. The number of hydrogen-bond donors (Lipinski definition) is 0. The molecule has 1 saturated carbocycles. The molecule has 0 radical (unpaired) electrons. The maximum absolute atomic E-state index is 12.9. The molecule has 0 saturated heterocycles. The van der Waals surface area contributed by atoms with Gasteiger partial charge in [-0.15, -0.1) is 0 Å². The summed E-state index contributed by atoms with van der Waals surface area (Å²) >= 11 is 0. The van der Waals surface area contributed by atoms with Crippen LogP contribution in [-0.4, -0.2) is 37.6 Å². The summed E-state index contributed by atoms with van der Waals surface area (Å²) in [5.41, 5.74) is 2.24. The number of rotatable bonds is 10. The van der Waals surface area contributed by atoms with Gasteiger partial charge in [-0.3, -0.25) is 4.79 Å². The molecule has 1 aliphatic carbocycles. The summed E-state index contributed by atoms with van der Waals surface area (Å²) in [4.78, 5) is 14.9. The van der Waals surface area contributed by atoms with Gasteiger partial charge in [0.15, 0.2) is 0 Å². The van der Waals surface area contributed by atoms with Crippen LogP contribution >= 0.6 is 0 Å². The lowest BCUT2D eigenvalue weighted by Crippen LogP contribution is -2.33. The molecule has 0 heterocycles. The Morgan fingerprint density at radius 3 is 2.68 bits per heavy atom. The van der Waals surface area contributed by atoms with Crippen molar-refractivity contribution in [2.45, 2.75) is 51.0 Å². The molecule has 1 unspecified atom stereocenters. The van der Waals surface area contributed by atoms with Crippen LogP contribution < -0.4 is 9.47 Å². The van der Waals surface area contributed by atoms with Crippen LogP contribution in [0.1, 0.15) is 49.7 Å². The summed E-state index contributed by atoms with van der Waals surface area (Å²) in [6.45, 7) is 2.69. The number of carbonyl (C=O) groups excluding carboxylic acids is 1. The zero-order valence-electron chi connectivity index (χ0n) is 17.2. The largest absolute Gasteiger partial charge is 0.497 e. The van der Waals surface area contributed by atoms with Crippen LogP contribution in [0.5, 0.6) is 11.5 Å². The van der Waals surface area contributed by atoms with E-state index >= 15 is 0 Å². The first-order chi connectivity index (χ1) is 13.6. The fraction of sp³-hybridized carbons (Fsp3) is 0.458. The summed E-state index contributed by atoms with van der Waals surface area (Å²) in [6.07, 6.45) is 4.87. The van der Waals surface area contributed by atoms with E-state index in [1.54, 1.807) is 7.11 Å².